The van der Waals surface area contributed by atoms with E-state index < -0.39 is 0 Å². The van der Waals surface area contributed by atoms with E-state index in [1.807, 2.05) is 0 Å². The van der Waals surface area contributed by atoms with E-state index in [2.05, 4.69) is 12.1 Å². The molecule has 1 aliphatic carbocycles. The monoisotopic (exact) mass is 203 g/mol. The van der Waals surface area contributed by atoms with Crippen LogP contribution in [0.1, 0.15) is 41.1 Å². The Bertz CT molecular complexity index is 386. The van der Waals surface area contributed by atoms with Gasteiger partial charge in [-0.2, -0.15) is 0 Å². The van der Waals surface area contributed by atoms with Crippen LogP contribution >= 0.6 is 0 Å². The van der Waals surface area contributed by atoms with Crippen LogP contribution in [-0.2, 0) is 24.2 Å². The molecule has 0 fully saturated rings. The lowest BCUT2D eigenvalue weighted by Gasteiger charge is -2.29. The van der Waals surface area contributed by atoms with Crippen molar-refractivity contribution in [1.82, 2.24) is 0 Å². The normalized spacial score (nSPS) is 24.5. The summed E-state index contributed by atoms with van der Waals surface area (Å²) in [4.78, 5) is 0. The molecule has 80 valence electrons. The van der Waals surface area contributed by atoms with E-state index in [0.717, 1.165) is 6.61 Å². The summed E-state index contributed by atoms with van der Waals surface area (Å²) >= 11 is 0. The van der Waals surface area contributed by atoms with Gasteiger partial charge in [-0.1, -0.05) is 12.1 Å². The molecule has 1 atom stereocenters. The minimum absolute atomic E-state index is 0.0989. The first-order valence-corrected chi connectivity index (χ1v) is 5.83. The van der Waals surface area contributed by atoms with Gasteiger partial charge in [0.05, 0.1) is 19.3 Å². The zero-order valence-corrected chi connectivity index (χ0v) is 8.96. The van der Waals surface area contributed by atoms with Gasteiger partial charge >= 0.3 is 0 Å². The van der Waals surface area contributed by atoms with Crippen LogP contribution in [0.2, 0.25) is 0 Å². The van der Waals surface area contributed by atoms with Crippen molar-refractivity contribution in [3.63, 3.8) is 0 Å². The number of aryl methyl sites for hydroxylation is 1. The minimum atomic E-state index is 0.0989. The van der Waals surface area contributed by atoms with Crippen LogP contribution in [-0.4, -0.2) is 6.61 Å². The van der Waals surface area contributed by atoms with Gasteiger partial charge in [0.2, 0.25) is 0 Å². The van der Waals surface area contributed by atoms with Crippen LogP contribution in [0, 0.1) is 0 Å². The van der Waals surface area contributed by atoms with E-state index in [1.54, 1.807) is 0 Å². The highest BCUT2D eigenvalue weighted by Gasteiger charge is 2.23. The Kier molecular flexibility index (Phi) is 2.26. The van der Waals surface area contributed by atoms with Gasteiger partial charge in [-0.05, 0) is 47.9 Å². The second-order valence-corrected chi connectivity index (χ2v) is 4.60. The zero-order chi connectivity index (χ0) is 10.3. The maximum atomic E-state index is 6.15. The molecule has 1 heterocycles. The molecule has 1 unspecified atom stereocenters. The predicted octanol–water partition coefficient (Wildman–Crippen LogP) is 2.10. The average Bonchev–Trinajstić information content (AvgIpc) is 2.29. The second-order valence-electron chi connectivity index (χ2n) is 4.60. The van der Waals surface area contributed by atoms with E-state index in [4.69, 9.17) is 10.5 Å². The Balaban J connectivity index is 2.15. The van der Waals surface area contributed by atoms with Crippen molar-refractivity contribution in [2.75, 3.05) is 6.61 Å². The number of nitrogens with two attached hydrogens (primary N) is 1. The third kappa shape index (κ3) is 1.48. The van der Waals surface area contributed by atoms with E-state index >= 15 is 0 Å². The molecule has 2 N–H and O–H groups in total. The lowest BCUT2D eigenvalue weighted by atomic mass is 9.83. The Hall–Kier alpha value is -0.860. The highest BCUT2D eigenvalue weighted by atomic mass is 16.5. The van der Waals surface area contributed by atoms with Gasteiger partial charge in [0.1, 0.15) is 0 Å². The zero-order valence-electron chi connectivity index (χ0n) is 8.96. The number of rotatable bonds is 0. The van der Waals surface area contributed by atoms with Crippen molar-refractivity contribution in [3.8, 4) is 0 Å². The third-order valence-electron chi connectivity index (χ3n) is 3.59. The maximum absolute atomic E-state index is 6.15. The molecule has 2 heteroatoms. The van der Waals surface area contributed by atoms with Crippen molar-refractivity contribution in [3.05, 3.63) is 34.4 Å². The Morgan fingerprint density at radius 1 is 1.13 bits per heavy atom. The molecular formula is C13H17NO. The second kappa shape index (κ2) is 3.62. The third-order valence-corrected chi connectivity index (χ3v) is 3.59. The quantitative estimate of drug-likeness (QED) is 0.700. The van der Waals surface area contributed by atoms with E-state index in [-0.39, 0.29) is 6.04 Å². The molecule has 0 aromatic heterocycles. The van der Waals surface area contributed by atoms with Crippen molar-refractivity contribution in [2.24, 2.45) is 5.73 Å². The number of hydrogen-bond acceptors (Lipinski definition) is 2. The first-order chi connectivity index (χ1) is 7.36. The van der Waals surface area contributed by atoms with Gasteiger partial charge in [0.15, 0.2) is 0 Å². The largest absolute Gasteiger partial charge is 0.375 e. The summed E-state index contributed by atoms with van der Waals surface area (Å²) in [5, 5.41) is 0. The van der Waals surface area contributed by atoms with Crippen molar-refractivity contribution >= 4 is 0 Å². The van der Waals surface area contributed by atoms with E-state index in [9.17, 15) is 0 Å². The molecule has 0 bridgehead atoms. The maximum Gasteiger partial charge on any atom is 0.0721 e. The van der Waals surface area contributed by atoms with Gasteiger partial charge in [-0.3, -0.25) is 0 Å². The molecule has 0 saturated carbocycles. The smallest absolute Gasteiger partial charge is 0.0721 e. The number of ether oxygens (including phenoxy) is 1. The van der Waals surface area contributed by atoms with Gasteiger partial charge in [0.25, 0.3) is 0 Å². The summed E-state index contributed by atoms with van der Waals surface area (Å²) in [7, 11) is 0. The van der Waals surface area contributed by atoms with Gasteiger partial charge in [0, 0.05) is 0 Å². The fourth-order valence-electron chi connectivity index (χ4n) is 2.87. The van der Waals surface area contributed by atoms with Crippen molar-refractivity contribution in [1.29, 1.82) is 0 Å². The lowest BCUT2D eigenvalue weighted by molar-refractivity contribution is 0.0918. The molecule has 0 spiro atoms. The molecule has 3 rings (SSSR count). The molecule has 15 heavy (non-hydrogen) atoms. The summed E-state index contributed by atoms with van der Waals surface area (Å²) in [6, 6.07) is 4.58. The fourth-order valence-corrected chi connectivity index (χ4v) is 2.87. The van der Waals surface area contributed by atoms with Gasteiger partial charge in [-0.25, -0.2) is 0 Å². The Morgan fingerprint density at radius 3 is 2.87 bits per heavy atom. The van der Waals surface area contributed by atoms with E-state index in [1.165, 1.54) is 47.9 Å². The molecular weight excluding hydrogens is 186 g/mol. The van der Waals surface area contributed by atoms with Crippen LogP contribution in [0.5, 0.6) is 0 Å². The molecule has 1 aliphatic heterocycles. The number of fused-ring (bicyclic) bond motifs is 3. The highest BCUT2D eigenvalue weighted by Crippen LogP contribution is 2.33. The highest BCUT2D eigenvalue weighted by molar-refractivity contribution is 5.44. The molecule has 2 nitrogen and oxygen atoms in total. The Labute approximate surface area is 90.4 Å². The predicted molar refractivity (Wildman–Crippen MR) is 59.7 cm³/mol. The fraction of sp³-hybridized carbons (Fsp3) is 0.538. The molecule has 0 radical (unpaired) electrons. The molecule has 0 amide bonds. The number of hydrogen-bond donors (Lipinski definition) is 1. The summed E-state index contributed by atoms with van der Waals surface area (Å²) in [6.07, 6.45) is 5.09. The summed E-state index contributed by atoms with van der Waals surface area (Å²) in [5.74, 6) is 0. The summed E-state index contributed by atoms with van der Waals surface area (Å²) in [5.41, 5.74) is 11.9. The van der Waals surface area contributed by atoms with Crippen LogP contribution in [0.4, 0.5) is 0 Å². The first-order valence-electron chi connectivity index (χ1n) is 5.83. The van der Waals surface area contributed by atoms with E-state index in [0.29, 0.717) is 6.61 Å². The molecule has 1 aromatic rings. The standard InChI is InChI=1S/C13H17NO/c14-12-8-15-7-10-6-5-9-3-1-2-4-11(9)13(10)12/h5-6,12H,1-4,7-8,14H2. The first kappa shape index (κ1) is 9.37. The average molecular weight is 203 g/mol. The summed E-state index contributed by atoms with van der Waals surface area (Å²) in [6.45, 7) is 1.43. The Morgan fingerprint density at radius 2 is 1.93 bits per heavy atom. The molecule has 2 aliphatic rings. The van der Waals surface area contributed by atoms with Crippen molar-refractivity contribution < 1.29 is 4.74 Å². The number of benzene rings is 1. The minimum Gasteiger partial charge on any atom is -0.375 e. The van der Waals surface area contributed by atoms with Crippen LogP contribution < -0.4 is 5.73 Å². The SMILES string of the molecule is NC1COCc2ccc3c(c21)CCCC3. The van der Waals surface area contributed by atoms with Gasteiger partial charge < -0.3 is 10.5 Å². The topological polar surface area (TPSA) is 35.2 Å². The molecule has 1 aromatic carbocycles. The lowest BCUT2D eigenvalue weighted by Crippen LogP contribution is -2.26. The summed E-state index contributed by atoms with van der Waals surface area (Å²) < 4.78 is 5.47. The van der Waals surface area contributed by atoms with Crippen LogP contribution in [0.25, 0.3) is 0 Å². The van der Waals surface area contributed by atoms with Gasteiger partial charge in [-0.15, -0.1) is 0 Å². The van der Waals surface area contributed by atoms with Crippen LogP contribution in [0.15, 0.2) is 12.1 Å². The van der Waals surface area contributed by atoms with Crippen molar-refractivity contribution in [2.45, 2.75) is 38.3 Å². The van der Waals surface area contributed by atoms with Crippen LogP contribution in [0.3, 0.4) is 0 Å². The molecule has 0 saturated heterocycles.